The van der Waals surface area contributed by atoms with Crippen molar-refractivity contribution in [1.82, 2.24) is 5.32 Å². The second-order valence-electron chi connectivity index (χ2n) is 4.20. The van der Waals surface area contributed by atoms with Gasteiger partial charge < -0.3 is 10.1 Å². The van der Waals surface area contributed by atoms with E-state index < -0.39 is 0 Å². The number of rotatable bonds is 3. The summed E-state index contributed by atoms with van der Waals surface area (Å²) in [5.41, 5.74) is 0.801. The van der Waals surface area contributed by atoms with Gasteiger partial charge in [0.1, 0.15) is 11.6 Å². The highest BCUT2D eigenvalue weighted by Crippen LogP contribution is 2.12. The molecule has 0 atom stereocenters. The van der Waals surface area contributed by atoms with E-state index in [-0.39, 0.29) is 18.3 Å². The number of carbonyl (C=O) groups excluding carboxylic acids is 1. The molecule has 2 aromatic carbocycles. The van der Waals surface area contributed by atoms with Crippen molar-refractivity contribution in [3.05, 3.63) is 65.5 Å². The molecule has 0 heterocycles. The van der Waals surface area contributed by atoms with Crippen molar-refractivity contribution < 1.29 is 13.9 Å². The molecule has 0 saturated carbocycles. The second-order valence-corrected chi connectivity index (χ2v) is 4.20. The van der Waals surface area contributed by atoms with Gasteiger partial charge in [-0.3, -0.25) is 4.79 Å². The van der Waals surface area contributed by atoms with Crippen molar-refractivity contribution in [1.29, 1.82) is 0 Å². The highest BCUT2D eigenvalue weighted by molar-refractivity contribution is 5.94. The van der Waals surface area contributed by atoms with Crippen LogP contribution in [0.5, 0.6) is 5.75 Å². The third kappa shape index (κ3) is 4.08. The molecular weight excluding hydrogens is 269 g/mol. The monoisotopic (exact) mass is 283 g/mol. The van der Waals surface area contributed by atoms with Crippen molar-refractivity contribution in [2.24, 2.45) is 0 Å². The topological polar surface area (TPSA) is 38.3 Å². The number of carbonyl (C=O) groups is 1. The number of ether oxygens (including phenoxy) is 1. The zero-order valence-corrected chi connectivity index (χ0v) is 11.5. The van der Waals surface area contributed by atoms with Gasteiger partial charge in [-0.2, -0.15) is 0 Å². The number of hydrogen-bond acceptors (Lipinski definition) is 2. The first-order valence-corrected chi connectivity index (χ1v) is 6.36. The van der Waals surface area contributed by atoms with Crippen LogP contribution in [0, 0.1) is 17.7 Å². The van der Waals surface area contributed by atoms with Crippen molar-refractivity contribution in [2.45, 2.75) is 0 Å². The maximum absolute atomic E-state index is 13.3. The Labute approximate surface area is 122 Å². The van der Waals surface area contributed by atoms with E-state index in [4.69, 9.17) is 4.74 Å². The molecule has 4 heteroatoms. The molecular formula is C17H14FNO2. The summed E-state index contributed by atoms with van der Waals surface area (Å²) in [6.07, 6.45) is 0. The van der Waals surface area contributed by atoms with Gasteiger partial charge >= 0.3 is 0 Å². The van der Waals surface area contributed by atoms with E-state index in [0.717, 1.165) is 0 Å². The minimum absolute atomic E-state index is 0.143. The smallest absolute Gasteiger partial charge is 0.252 e. The van der Waals surface area contributed by atoms with Crippen LogP contribution in [0.1, 0.15) is 15.9 Å². The summed E-state index contributed by atoms with van der Waals surface area (Å²) in [5.74, 6) is 5.38. The fourth-order valence-electron chi connectivity index (χ4n) is 1.69. The zero-order valence-electron chi connectivity index (χ0n) is 11.5. The summed E-state index contributed by atoms with van der Waals surface area (Å²) in [7, 11) is 1.54. The Hall–Kier alpha value is -2.80. The van der Waals surface area contributed by atoms with Crippen LogP contribution in [0.2, 0.25) is 0 Å². The van der Waals surface area contributed by atoms with E-state index in [0.29, 0.717) is 16.9 Å². The van der Waals surface area contributed by atoms with Crippen molar-refractivity contribution in [3.8, 4) is 17.6 Å². The molecule has 0 bridgehead atoms. The van der Waals surface area contributed by atoms with E-state index in [9.17, 15) is 9.18 Å². The van der Waals surface area contributed by atoms with Gasteiger partial charge in [-0.25, -0.2) is 4.39 Å². The molecule has 0 radical (unpaired) electrons. The fourth-order valence-corrected chi connectivity index (χ4v) is 1.69. The van der Waals surface area contributed by atoms with E-state index in [1.165, 1.54) is 13.2 Å². The summed E-state index contributed by atoms with van der Waals surface area (Å²) in [4.78, 5) is 11.9. The van der Waals surface area contributed by atoms with Gasteiger partial charge in [-0.15, -0.1) is 0 Å². The summed E-state index contributed by atoms with van der Waals surface area (Å²) in [6, 6.07) is 13.1. The molecule has 0 fully saturated rings. The molecule has 0 unspecified atom stereocenters. The van der Waals surface area contributed by atoms with Gasteiger partial charge in [0, 0.05) is 5.56 Å². The molecule has 106 valence electrons. The SMILES string of the molecule is COc1cccc(C(=O)NCC#Cc2ccccc2F)c1. The lowest BCUT2D eigenvalue weighted by Crippen LogP contribution is -2.23. The molecule has 2 aromatic rings. The molecule has 0 aliphatic rings. The first kappa shape index (κ1) is 14.6. The molecule has 0 spiro atoms. The molecule has 3 nitrogen and oxygen atoms in total. The fraction of sp³-hybridized carbons (Fsp3) is 0.118. The predicted octanol–water partition coefficient (Wildman–Crippen LogP) is 2.62. The standard InChI is InChI=1S/C17H14FNO2/c1-21-15-9-4-7-14(12-15)17(20)19-11-5-8-13-6-2-3-10-16(13)18/h2-4,6-7,9-10,12H,11H2,1H3,(H,19,20). The van der Waals surface area contributed by atoms with Gasteiger partial charge in [-0.1, -0.05) is 30.0 Å². The molecule has 0 saturated heterocycles. The first-order chi connectivity index (χ1) is 10.2. The number of benzene rings is 2. The number of methoxy groups -OCH3 is 1. The van der Waals surface area contributed by atoms with Gasteiger partial charge in [-0.05, 0) is 30.3 Å². The van der Waals surface area contributed by atoms with Crippen LogP contribution in [0.3, 0.4) is 0 Å². The second kappa shape index (κ2) is 7.11. The van der Waals surface area contributed by atoms with Crippen LogP contribution >= 0.6 is 0 Å². The highest BCUT2D eigenvalue weighted by atomic mass is 19.1. The number of halogens is 1. The highest BCUT2D eigenvalue weighted by Gasteiger charge is 2.04. The average Bonchev–Trinajstić information content (AvgIpc) is 2.53. The zero-order chi connectivity index (χ0) is 15.1. The lowest BCUT2D eigenvalue weighted by Gasteiger charge is -2.03. The van der Waals surface area contributed by atoms with Crippen LogP contribution < -0.4 is 10.1 Å². The van der Waals surface area contributed by atoms with Crippen LogP contribution in [-0.4, -0.2) is 19.6 Å². The van der Waals surface area contributed by atoms with Crippen LogP contribution in [-0.2, 0) is 0 Å². The van der Waals surface area contributed by atoms with Crippen LogP contribution in [0.15, 0.2) is 48.5 Å². The Bertz CT molecular complexity index is 701. The average molecular weight is 283 g/mol. The molecule has 0 aromatic heterocycles. The Morgan fingerprint density at radius 1 is 1.24 bits per heavy atom. The number of amides is 1. The van der Waals surface area contributed by atoms with Crippen molar-refractivity contribution in [3.63, 3.8) is 0 Å². The third-order valence-electron chi connectivity index (χ3n) is 2.77. The summed E-state index contributed by atoms with van der Waals surface area (Å²) >= 11 is 0. The van der Waals surface area contributed by atoms with E-state index in [1.807, 2.05) is 0 Å². The lowest BCUT2D eigenvalue weighted by atomic mass is 10.2. The van der Waals surface area contributed by atoms with Gasteiger partial charge in [0.2, 0.25) is 0 Å². The molecule has 0 aliphatic carbocycles. The predicted molar refractivity (Wildman–Crippen MR) is 78.6 cm³/mol. The van der Waals surface area contributed by atoms with E-state index in [2.05, 4.69) is 17.2 Å². The normalized spacial score (nSPS) is 9.43. The minimum Gasteiger partial charge on any atom is -0.497 e. The maximum atomic E-state index is 13.3. The Balaban J connectivity index is 1.95. The van der Waals surface area contributed by atoms with E-state index in [1.54, 1.807) is 42.5 Å². The van der Waals surface area contributed by atoms with Gasteiger partial charge in [0.15, 0.2) is 0 Å². The van der Waals surface area contributed by atoms with Crippen LogP contribution in [0.4, 0.5) is 4.39 Å². The van der Waals surface area contributed by atoms with Crippen LogP contribution in [0.25, 0.3) is 0 Å². The summed E-state index contributed by atoms with van der Waals surface area (Å²) in [6.45, 7) is 0.143. The molecule has 1 N–H and O–H groups in total. The Morgan fingerprint density at radius 3 is 2.81 bits per heavy atom. The maximum Gasteiger partial charge on any atom is 0.252 e. The number of nitrogens with one attached hydrogen (secondary N) is 1. The Morgan fingerprint density at radius 2 is 2.05 bits per heavy atom. The Kier molecular flexibility index (Phi) is 4.94. The lowest BCUT2D eigenvalue weighted by molar-refractivity contribution is 0.0958. The van der Waals surface area contributed by atoms with Crippen molar-refractivity contribution >= 4 is 5.91 Å². The third-order valence-corrected chi connectivity index (χ3v) is 2.77. The molecule has 0 aliphatic heterocycles. The quantitative estimate of drug-likeness (QED) is 0.879. The molecule has 2 rings (SSSR count). The summed E-state index contributed by atoms with van der Waals surface area (Å²) in [5, 5.41) is 2.65. The van der Waals surface area contributed by atoms with Gasteiger partial charge in [0.05, 0.1) is 19.2 Å². The molecule has 21 heavy (non-hydrogen) atoms. The van der Waals surface area contributed by atoms with Crippen molar-refractivity contribution in [2.75, 3.05) is 13.7 Å². The first-order valence-electron chi connectivity index (χ1n) is 6.36. The molecule has 1 amide bonds. The minimum atomic E-state index is -0.371. The summed E-state index contributed by atoms with van der Waals surface area (Å²) < 4.78 is 18.4. The van der Waals surface area contributed by atoms with E-state index >= 15 is 0 Å². The number of hydrogen-bond donors (Lipinski definition) is 1. The van der Waals surface area contributed by atoms with Gasteiger partial charge in [0.25, 0.3) is 5.91 Å². The largest absolute Gasteiger partial charge is 0.497 e.